The third-order valence-corrected chi connectivity index (χ3v) is 4.60. The van der Waals surface area contributed by atoms with E-state index in [1.165, 1.54) is 24.0 Å². The number of rotatable bonds is 5. The Bertz CT molecular complexity index is 1200. The van der Waals surface area contributed by atoms with E-state index in [9.17, 15) is 27.6 Å². The van der Waals surface area contributed by atoms with Crippen LogP contribution in [0.1, 0.15) is 19.4 Å². The molecular weight excluding hydrogens is 413 g/mol. The van der Waals surface area contributed by atoms with Crippen LogP contribution in [0.15, 0.2) is 53.3 Å². The lowest BCUT2D eigenvalue weighted by atomic mass is 10.1. The number of benzene rings is 2. The van der Waals surface area contributed by atoms with Crippen molar-refractivity contribution >= 4 is 34.4 Å². The molecule has 2 amide bonds. The average molecular weight is 432 g/mol. The summed E-state index contributed by atoms with van der Waals surface area (Å²) >= 11 is 0. The van der Waals surface area contributed by atoms with E-state index >= 15 is 0 Å². The average Bonchev–Trinajstić information content (AvgIpc) is 2.70. The molecule has 1 N–H and O–H groups in total. The summed E-state index contributed by atoms with van der Waals surface area (Å²) in [6, 6.07) is 11.1. The summed E-state index contributed by atoms with van der Waals surface area (Å²) < 4.78 is 40.7. The topological polar surface area (TPSA) is 84.3 Å². The zero-order chi connectivity index (χ0) is 22.8. The third-order valence-electron chi connectivity index (χ3n) is 4.60. The number of nitrogens with zero attached hydrogens (tertiary/aromatic N) is 3. The number of carbonyl (C=O) groups is 2. The monoisotopic (exact) mass is 432 g/mol. The molecule has 0 saturated heterocycles. The Labute approximate surface area is 175 Å². The third kappa shape index (κ3) is 4.57. The molecule has 1 aromatic heterocycles. The van der Waals surface area contributed by atoms with Gasteiger partial charge in [0, 0.05) is 13.5 Å². The summed E-state index contributed by atoms with van der Waals surface area (Å²) in [5.74, 6) is -1.39. The fourth-order valence-corrected chi connectivity index (χ4v) is 3.21. The molecule has 0 atom stereocenters. The van der Waals surface area contributed by atoms with Gasteiger partial charge in [0.15, 0.2) is 0 Å². The second-order valence-electron chi connectivity index (χ2n) is 6.67. The fraction of sp³-hybridized carbons (Fsp3) is 0.238. The predicted molar refractivity (Wildman–Crippen MR) is 110 cm³/mol. The number of alkyl halides is 3. The van der Waals surface area contributed by atoms with Gasteiger partial charge in [0.2, 0.25) is 17.6 Å². The first-order valence-electron chi connectivity index (χ1n) is 9.37. The first-order valence-corrected chi connectivity index (χ1v) is 9.37. The molecule has 0 bridgehead atoms. The molecule has 2 aromatic carbocycles. The van der Waals surface area contributed by atoms with Crippen molar-refractivity contribution in [3.63, 3.8) is 0 Å². The van der Waals surface area contributed by atoms with Crippen molar-refractivity contribution in [1.82, 2.24) is 9.55 Å². The quantitative estimate of drug-likeness (QED) is 0.670. The van der Waals surface area contributed by atoms with Gasteiger partial charge < -0.3 is 5.32 Å². The number of nitrogens with one attached hydrogen (secondary N) is 1. The van der Waals surface area contributed by atoms with Crippen molar-refractivity contribution in [2.75, 3.05) is 16.8 Å². The van der Waals surface area contributed by atoms with Crippen LogP contribution in [-0.2, 0) is 22.3 Å². The number of anilines is 2. The van der Waals surface area contributed by atoms with Gasteiger partial charge in [0.25, 0.3) is 5.56 Å². The SMILES string of the molecule is CCN(C(C)=O)c1nc2ccccc2n(CC(=O)Nc2ccccc2C(F)(F)F)c1=O. The maximum Gasteiger partial charge on any atom is 0.418 e. The lowest BCUT2D eigenvalue weighted by Crippen LogP contribution is -2.38. The molecular formula is C21H19F3N4O3. The zero-order valence-corrected chi connectivity index (χ0v) is 16.7. The number of carbonyl (C=O) groups excluding carboxylic acids is 2. The number of halogens is 3. The molecule has 3 rings (SSSR count). The van der Waals surface area contributed by atoms with Gasteiger partial charge in [-0.15, -0.1) is 0 Å². The summed E-state index contributed by atoms with van der Waals surface area (Å²) in [7, 11) is 0. The first-order chi connectivity index (χ1) is 14.6. The van der Waals surface area contributed by atoms with Crippen molar-refractivity contribution in [2.45, 2.75) is 26.6 Å². The molecule has 10 heteroatoms. The molecule has 0 fully saturated rings. The lowest BCUT2D eigenvalue weighted by Gasteiger charge is -2.20. The first kappa shape index (κ1) is 22.0. The number of aromatic nitrogens is 2. The van der Waals surface area contributed by atoms with Crippen molar-refractivity contribution < 1.29 is 22.8 Å². The largest absolute Gasteiger partial charge is 0.418 e. The smallest absolute Gasteiger partial charge is 0.324 e. The molecule has 162 valence electrons. The van der Waals surface area contributed by atoms with E-state index in [-0.39, 0.29) is 12.4 Å². The van der Waals surface area contributed by atoms with Gasteiger partial charge in [-0.25, -0.2) is 4.98 Å². The van der Waals surface area contributed by atoms with Crippen LogP contribution in [-0.4, -0.2) is 27.9 Å². The molecule has 0 aliphatic carbocycles. The second kappa shape index (κ2) is 8.58. The Hall–Kier alpha value is -3.69. The van der Waals surface area contributed by atoms with Crippen LogP contribution in [0, 0.1) is 0 Å². The molecule has 31 heavy (non-hydrogen) atoms. The molecule has 7 nitrogen and oxygen atoms in total. The normalized spacial score (nSPS) is 11.4. The van der Waals surface area contributed by atoms with Crippen LogP contribution in [0.2, 0.25) is 0 Å². The lowest BCUT2D eigenvalue weighted by molar-refractivity contribution is -0.137. The second-order valence-corrected chi connectivity index (χ2v) is 6.67. The van der Waals surface area contributed by atoms with E-state index < -0.39 is 41.3 Å². The summed E-state index contributed by atoms with van der Waals surface area (Å²) in [4.78, 5) is 43.0. The highest BCUT2D eigenvalue weighted by molar-refractivity contribution is 5.94. The van der Waals surface area contributed by atoms with Gasteiger partial charge in [-0.1, -0.05) is 24.3 Å². The minimum absolute atomic E-state index is 0.155. The Kier molecular flexibility index (Phi) is 6.09. The minimum Gasteiger partial charge on any atom is -0.324 e. The van der Waals surface area contributed by atoms with E-state index in [0.29, 0.717) is 11.0 Å². The van der Waals surface area contributed by atoms with Gasteiger partial charge in [-0.2, -0.15) is 13.2 Å². The van der Waals surface area contributed by atoms with Crippen molar-refractivity contribution in [2.24, 2.45) is 0 Å². The fourth-order valence-electron chi connectivity index (χ4n) is 3.21. The van der Waals surface area contributed by atoms with Crippen LogP contribution < -0.4 is 15.8 Å². The molecule has 3 aromatic rings. The van der Waals surface area contributed by atoms with Gasteiger partial charge in [-0.3, -0.25) is 23.9 Å². The highest BCUT2D eigenvalue weighted by Gasteiger charge is 2.33. The Morgan fingerprint density at radius 3 is 2.39 bits per heavy atom. The maximum atomic E-state index is 13.2. The van der Waals surface area contributed by atoms with Crippen molar-refractivity contribution in [3.8, 4) is 0 Å². The van der Waals surface area contributed by atoms with Crippen LogP contribution in [0.3, 0.4) is 0 Å². The number of fused-ring (bicyclic) bond motifs is 1. The summed E-state index contributed by atoms with van der Waals surface area (Å²) in [6.07, 6.45) is -4.65. The number of hydrogen-bond donors (Lipinski definition) is 1. The molecule has 0 spiro atoms. The Morgan fingerprint density at radius 2 is 1.74 bits per heavy atom. The molecule has 0 unspecified atom stereocenters. The van der Waals surface area contributed by atoms with E-state index in [0.717, 1.165) is 16.7 Å². The van der Waals surface area contributed by atoms with E-state index in [4.69, 9.17) is 0 Å². The maximum absolute atomic E-state index is 13.2. The standard InChI is InChI=1S/C21H19F3N4O3/c1-3-27(13(2)29)19-20(31)28(17-11-7-6-10-16(17)26-19)12-18(30)25-15-9-5-4-8-14(15)21(22,23)24/h4-11H,3,12H2,1-2H3,(H,25,30). The number of amides is 2. The molecule has 0 aliphatic heterocycles. The molecule has 0 aliphatic rings. The Balaban J connectivity index is 2.04. The summed E-state index contributed by atoms with van der Waals surface area (Å²) in [5, 5.41) is 2.22. The van der Waals surface area contributed by atoms with E-state index in [2.05, 4.69) is 10.3 Å². The highest BCUT2D eigenvalue weighted by Crippen LogP contribution is 2.34. The highest BCUT2D eigenvalue weighted by atomic mass is 19.4. The van der Waals surface area contributed by atoms with E-state index in [1.54, 1.807) is 31.2 Å². The van der Waals surface area contributed by atoms with Gasteiger partial charge in [0.1, 0.15) is 6.54 Å². The zero-order valence-electron chi connectivity index (χ0n) is 16.7. The van der Waals surface area contributed by atoms with Crippen molar-refractivity contribution in [3.05, 3.63) is 64.4 Å². The van der Waals surface area contributed by atoms with Crippen LogP contribution in [0.4, 0.5) is 24.7 Å². The summed E-state index contributed by atoms with van der Waals surface area (Å²) in [6.45, 7) is 2.57. The van der Waals surface area contributed by atoms with Gasteiger partial charge in [0.05, 0.1) is 22.3 Å². The van der Waals surface area contributed by atoms with Crippen LogP contribution in [0.5, 0.6) is 0 Å². The molecule has 0 saturated carbocycles. The van der Waals surface area contributed by atoms with Crippen LogP contribution >= 0.6 is 0 Å². The van der Waals surface area contributed by atoms with Crippen molar-refractivity contribution in [1.29, 1.82) is 0 Å². The van der Waals surface area contributed by atoms with Gasteiger partial charge >= 0.3 is 6.18 Å². The van der Waals surface area contributed by atoms with Crippen LogP contribution in [0.25, 0.3) is 11.0 Å². The molecule has 0 radical (unpaired) electrons. The van der Waals surface area contributed by atoms with Gasteiger partial charge in [-0.05, 0) is 31.2 Å². The predicted octanol–water partition coefficient (Wildman–Crippen LogP) is 3.43. The number of para-hydroxylation sites is 3. The number of hydrogen-bond acceptors (Lipinski definition) is 4. The molecule has 1 heterocycles. The summed E-state index contributed by atoms with van der Waals surface area (Å²) in [5.41, 5.74) is -1.43. The van der Waals surface area contributed by atoms with E-state index in [1.807, 2.05) is 0 Å². The Morgan fingerprint density at radius 1 is 1.10 bits per heavy atom. The minimum atomic E-state index is -4.65.